The largest absolute Gasteiger partial charge is 0.369 e. The Bertz CT molecular complexity index is 31.8. The average Bonchev–Trinajstić information content (AvgIpc) is 0.811. The van der Waals surface area contributed by atoms with Crippen LogP contribution < -0.4 is 6.15 Å². The molecule has 0 aliphatic heterocycles. The van der Waals surface area contributed by atoms with Gasteiger partial charge in [-0.15, -0.1) is 0 Å². The maximum Gasteiger partial charge on any atom is 0.0689 e. The van der Waals surface area contributed by atoms with Gasteiger partial charge in [0.05, 0.1) is 5.09 Å². The van der Waals surface area contributed by atoms with E-state index in [1.54, 1.807) is 0 Å². The van der Waals surface area contributed by atoms with Crippen molar-refractivity contribution in [3.63, 3.8) is 0 Å². The van der Waals surface area contributed by atoms with Crippen LogP contribution in [0.5, 0.6) is 0 Å². The van der Waals surface area contributed by atoms with Crippen LogP contribution in [-0.2, 0) is 16.8 Å². The van der Waals surface area contributed by atoms with Crippen LogP contribution in [0.15, 0.2) is 0 Å². The maximum absolute atomic E-state index is 8.25. The van der Waals surface area contributed by atoms with Gasteiger partial charge in [-0.3, -0.25) is 0 Å². The normalized spacial score (nSPS) is 4.00. The van der Waals surface area contributed by atoms with Crippen molar-refractivity contribution in [2.75, 3.05) is 0 Å². The topological polar surface area (TPSA) is 103 Å². The van der Waals surface area contributed by atoms with E-state index < -0.39 is 5.09 Å². The third kappa shape index (κ3) is 234. The molecule has 0 bridgehead atoms. The smallest absolute Gasteiger partial charge is 0.0689 e. The van der Waals surface area contributed by atoms with Crippen molar-refractivity contribution in [2.24, 2.45) is 0 Å². The fourth-order valence-corrected chi connectivity index (χ4v) is 0. The van der Waals surface area contributed by atoms with Crippen LogP contribution in [0.25, 0.3) is 0 Å². The molecule has 0 aliphatic carbocycles. The van der Waals surface area contributed by atoms with Crippen LogP contribution in [-0.4, -0.2) is 5.09 Å². The van der Waals surface area contributed by atoms with Crippen LogP contribution in [0.3, 0.4) is 0 Å². The number of nitrogens with zero attached hydrogens (tertiary/aromatic N) is 1. The van der Waals surface area contributed by atoms with Crippen LogP contribution in [0.2, 0.25) is 0 Å². The predicted octanol–water partition coefficient (Wildman–Crippen LogP) is 0.135. The molecule has 5 nitrogen and oxygen atoms in total. The molecule has 0 atom stereocenters. The fourth-order valence-electron chi connectivity index (χ4n) is 0. The summed E-state index contributed by atoms with van der Waals surface area (Å²) in [5.41, 5.74) is 0. The molecule has 0 spiro atoms. The third-order valence-electron chi connectivity index (χ3n) is 0. The molecular formula is H4CoN2O3. The molecule has 0 unspecified atom stereocenters. The van der Waals surface area contributed by atoms with Crippen LogP contribution in [0.1, 0.15) is 0 Å². The van der Waals surface area contributed by atoms with Gasteiger partial charge in [-0.05, 0) is 0 Å². The van der Waals surface area contributed by atoms with Crippen molar-refractivity contribution in [3.8, 4) is 0 Å². The van der Waals surface area contributed by atoms with Crippen molar-refractivity contribution in [3.05, 3.63) is 15.3 Å². The van der Waals surface area contributed by atoms with Gasteiger partial charge in [0.25, 0.3) is 0 Å². The van der Waals surface area contributed by atoms with Gasteiger partial charge in [0, 0.05) is 16.8 Å². The van der Waals surface area contributed by atoms with Crippen LogP contribution >= 0.6 is 0 Å². The molecule has 0 rings (SSSR count). The standard InChI is InChI=1S/Co.NO3.H3N/c;2-1(3)4;/h;;1H3/q;-1;/p+1. The van der Waals surface area contributed by atoms with Gasteiger partial charge in [-0.25, -0.2) is 0 Å². The van der Waals surface area contributed by atoms with E-state index in [9.17, 15) is 0 Å². The number of hydrogen-bond acceptors (Lipinski definition) is 3. The average molecular weight is 139 g/mol. The minimum Gasteiger partial charge on any atom is -0.369 e. The minimum absolute atomic E-state index is 0. The fraction of sp³-hybridized carbons (Fsp3) is 0. The summed E-state index contributed by atoms with van der Waals surface area (Å²) in [6.45, 7) is 0. The van der Waals surface area contributed by atoms with Crippen molar-refractivity contribution >= 4 is 0 Å². The molecule has 0 heterocycles. The van der Waals surface area contributed by atoms with Gasteiger partial charge >= 0.3 is 0 Å². The van der Waals surface area contributed by atoms with Crippen molar-refractivity contribution in [1.82, 2.24) is 6.15 Å². The van der Waals surface area contributed by atoms with Gasteiger partial charge in [0.15, 0.2) is 0 Å². The molecule has 0 aliphatic rings. The Hall–Kier alpha value is -0.334. The summed E-state index contributed by atoms with van der Waals surface area (Å²) in [4.78, 5) is 8.25. The molecular weight excluding hydrogens is 135 g/mol. The third-order valence-corrected chi connectivity index (χ3v) is 0. The molecule has 0 aromatic carbocycles. The first-order valence-corrected chi connectivity index (χ1v) is 0.548. The molecule has 6 heteroatoms. The SMILES string of the molecule is O=[N+]([O-])[O-].[Co].[NH4+]. The van der Waals surface area contributed by atoms with E-state index >= 15 is 0 Å². The minimum atomic E-state index is -1.75. The van der Waals surface area contributed by atoms with Gasteiger partial charge in [-0.1, -0.05) is 0 Å². The maximum atomic E-state index is 8.25. The van der Waals surface area contributed by atoms with Gasteiger partial charge in [0.2, 0.25) is 0 Å². The monoisotopic (exact) mass is 139 g/mol. The number of quaternary nitrogens is 1. The summed E-state index contributed by atoms with van der Waals surface area (Å²) in [5.74, 6) is 0. The van der Waals surface area contributed by atoms with Crippen molar-refractivity contribution < 1.29 is 21.9 Å². The van der Waals surface area contributed by atoms with E-state index in [0.29, 0.717) is 0 Å². The van der Waals surface area contributed by atoms with Gasteiger partial charge in [-0.2, -0.15) is 0 Å². The van der Waals surface area contributed by atoms with E-state index in [4.69, 9.17) is 15.3 Å². The quantitative estimate of drug-likeness (QED) is 0.381. The number of hydrogen-bond donors (Lipinski definition) is 1. The Morgan fingerprint density at radius 3 is 1.33 bits per heavy atom. The van der Waals surface area contributed by atoms with E-state index in [0.717, 1.165) is 0 Å². The van der Waals surface area contributed by atoms with E-state index in [1.165, 1.54) is 0 Å². The predicted molar refractivity (Wildman–Crippen MR) is 16.3 cm³/mol. The van der Waals surface area contributed by atoms with Crippen LogP contribution in [0, 0.1) is 15.3 Å². The van der Waals surface area contributed by atoms with Crippen molar-refractivity contribution in [2.45, 2.75) is 0 Å². The molecule has 4 N–H and O–H groups in total. The Labute approximate surface area is 44.2 Å². The van der Waals surface area contributed by atoms with Gasteiger partial charge < -0.3 is 21.5 Å². The number of rotatable bonds is 0. The molecule has 0 fully saturated rings. The molecule has 0 saturated heterocycles. The second-order valence-electron chi connectivity index (χ2n) is 0.224. The summed E-state index contributed by atoms with van der Waals surface area (Å²) in [5, 5.41) is 14.8. The van der Waals surface area contributed by atoms with E-state index in [1.807, 2.05) is 0 Å². The Morgan fingerprint density at radius 1 is 1.33 bits per heavy atom. The Morgan fingerprint density at radius 2 is 1.33 bits per heavy atom. The summed E-state index contributed by atoms with van der Waals surface area (Å²) in [6.07, 6.45) is 0. The first kappa shape index (κ1) is 17.4. The first-order valence-electron chi connectivity index (χ1n) is 0.548. The molecule has 41 valence electrons. The van der Waals surface area contributed by atoms with E-state index in [-0.39, 0.29) is 22.9 Å². The van der Waals surface area contributed by atoms with Crippen LogP contribution in [0.4, 0.5) is 0 Å². The molecule has 0 amide bonds. The molecule has 0 saturated carbocycles. The molecule has 0 aromatic rings. The molecule has 6 heavy (non-hydrogen) atoms. The summed E-state index contributed by atoms with van der Waals surface area (Å²) in [6, 6.07) is 0. The van der Waals surface area contributed by atoms with Gasteiger partial charge in [0.1, 0.15) is 0 Å². The second-order valence-corrected chi connectivity index (χ2v) is 0.224. The van der Waals surface area contributed by atoms with Crippen molar-refractivity contribution in [1.29, 1.82) is 0 Å². The summed E-state index contributed by atoms with van der Waals surface area (Å²) >= 11 is 0. The van der Waals surface area contributed by atoms with E-state index in [2.05, 4.69) is 0 Å². The summed E-state index contributed by atoms with van der Waals surface area (Å²) < 4.78 is 0. The Kier molecular flexibility index (Phi) is 25.5. The first-order chi connectivity index (χ1) is 1.73. The molecule has 0 aromatic heterocycles. The zero-order valence-corrected chi connectivity index (χ0v) is 4.05. The zero-order chi connectivity index (χ0) is 3.58. The zero-order valence-electron chi connectivity index (χ0n) is 3.01. The second kappa shape index (κ2) is 8.82. The summed E-state index contributed by atoms with van der Waals surface area (Å²) in [7, 11) is 0. The Balaban J connectivity index is -0.0000000450. The molecule has 1 radical (unpaired) electrons.